The van der Waals surface area contributed by atoms with Crippen molar-refractivity contribution in [2.45, 2.75) is 6.92 Å². The van der Waals surface area contributed by atoms with Gasteiger partial charge in [0, 0.05) is 28.1 Å². The van der Waals surface area contributed by atoms with Crippen LogP contribution in [0.15, 0.2) is 28.9 Å². The van der Waals surface area contributed by atoms with Crippen LogP contribution in [0.3, 0.4) is 0 Å². The summed E-state index contributed by atoms with van der Waals surface area (Å²) in [7, 11) is 0. The maximum Gasteiger partial charge on any atom is 0.253 e. The molecule has 3 nitrogen and oxygen atoms in total. The molecule has 0 bridgehead atoms. The molecular weight excluding hydrogens is 256 g/mol. The molecule has 2 rings (SSSR count). The normalized spacial score (nSPS) is 10.5. The maximum absolute atomic E-state index is 11.7. The smallest absolute Gasteiger partial charge is 0.253 e. The van der Waals surface area contributed by atoms with E-state index in [1.807, 2.05) is 25.1 Å². The Hall–Kier alpha value is -1.29. The average Bonchev–Trinajstić information content (AvgIpc) is 2.63. The molecule has 0 aliphatic heterocycles. The number of H-pyrrole nitrogens is 1. The van der Waals surface area contributed by atoms with Crippen molar-refractivity contribution >= 4 is 32.7 Å². The molecule has 0 unspecified atom stereocenters. The maximum atomic E-state index is 11.7. The number of amides is 1. The number of rotatable bonds is 2. The Morgan fingerprint density at radius 1 is 1.53 bits per heavy atom. The monoisotopic (exact) mass is 266 g/mol. The number of benzene rings is 1. The highest BCUT2D eigenvalue weighted by molar-refractivity contribution is 9.10. The number of carbonyl (C=O) groups excluding carboxylic acids is 1. The minimum Gasteiger partial charge on any atom is -0.360 e. The molecule has 0 atom stereocenters. The highest BCUT2D eigenvalue weighted by atomic mass is 79.9. The van der Waals surface area contributed by atoms with E-state index >= 15 is 0 Å². The SMILES string of the molecule is CCNC(=O)c1c[nH]c2cccc(Br)c12. The fraction of sp³-hybridized carbons (Fsp3) is 0.182. The molecule has 2 aromatic rings. The van der Waals surface area contributed by atoms with E-state index < -0.39 is 0 Å². The van der Waals surface area contributed by atoms with Crippen LogP contribution in [0, 0.1) is 0 Å². The molecule has 78 valence electrons. The first kappa shape index (κ1) is 10.2. The van der Waals surface area contributed by atoms with Gasteiger partial charge in [-0.3, -0.25) is 4.79 Å². The third-order valence-electron chi connectivity index (χ3n) is 2.24. The Morgan fingerprint density at radius 3 is 3.07 bits per heavy atom. The van der Waals surface area contributed by atoms with Gasteiger partial charge in [-0.15, -0.1) is 0 Å². The number of aromatic amines is 1. The predicted octanol–water partition coefficient (Wildman–Crippen LogP) is 2.68. The van der Waals surface area contributed by atoms with Crippen LogP contribution in [-0.4, -0.2) is 17.4 Å². The van der Waals surface area contributed by atoms with Crippen molar-refractivity contribution in [2.24, 2.45) is 0 Å². The molecule has 15 heavy (non-hydrogen) atoms. The lowest BCUT2D eigenvalue weighted by molar-refractivity contribution is 0.0957. The van der Waals surface area contributed by atoms with Crippen molar-refractivity contribution in [1.29, 1.82) is 0 Å². The summed E-state index contributed by atoms with van der Waals surface area (Å²) >= 11 is 3.45. The molecule has 0 aliphatic carbocycles. The molecule has 1 aromatic carbocycles. The Morgan fingerprint density at radius 2 is 2.33 bits per heavy atom. The van der Waals surface area contributed by atoms with E-state index in [4.69, 9.17) is 0 Å². The van der Waals surface area contributed by atoms with Gasteiger partial charge < -0.3 is 10.3 Å². The third kappa shape index (κ3) is 1.77. The van der Waals surface area contributed by atoms with E-state index in [2.05, 4.69) is 26.2 Å². The minimum absolute atomic E-state index is 0.0457. The summed E-state index contributed by atoms with van der Waals surface area (Å²) in [6.07, 6.45) is 1.74. The van der Waals surface area contributed by atoms with Crippen LogP contribution in [0.2, 0.25) is 0 Å². The lowest BCUT2D eigenvalue weighted by Gasteiger charge is -2.01. The first-order valence-corrected chi connectivity index (χ1v) is 5.57. The van der Waals surface area contributed by atoms with Crippen molar-refractivity contribution in [1.82, 2.24) is 10.3 Å². The molecule has 1 aromatic heterocycles. The van der Waals surface area contributed by atoms with Crippen molar-refractivity contribution in [2.75, 3.05) is 6.54 Å². The topological polar surface area (TPSA) is 44.9 Å². The van der Waals surface area contributed by atoms with Gasteiger partial charge in [0.05, 0.1) is 5.56 Å². The molecule has 2 N–H and O–H groups in total. The standard InChI is InChI=1S/C11H11BrN2O/c1-2-13-11(15)7-6-14-9-5-3-4-8(12)10(7)9/h3-6,14H,2H2,1H3,(H,13,15). The number of fused-ring (bicyclic) bond motifs is 1. The van der Waals surface area contributed by atoms with Gasteiger partial charge in [-0.2, -0.15) is 0 Å². The van der Waals surface area contributed by atoms with Crippen LogP contribution in [0.25, 0.3) is 10.9 Å². The Labute approximate surface area is 96.0 Å². The number of carbonyl (C=O) groups is 1. The van der Waals surface area contributed by atoms with Crippen molar-refractivity contribution in [3.05, 3.63) is 34.4 Å². The van der Waals surface area contributed by atoms with E-state index in [0.717, 1.165) is 15.4 Å². The van der Waals surface area contributed by atoms with Gasteiger partial charge in [0.1, 0.15) is 0 Å². The molecule has 0 saturated heterocycles. The van der Waals surface area contributed by atoms with Crippen molar-refractivity contribution in [3.8, 4) is 0 Å². The fourth-order valence-electron chi connectivity index (χ4n) is 1.58. The second-order valence-electron chi connectivity index (χ2n) is 3.22. The summed E-state index contributed by atoms with van der Waals surface area (Å²) in [6.45, 7) is 2.54. The number of hydrogen-bond donors (Lipinski definition) is 2. The second kappa shape index (κ2) is 4.06. The average molecular weight is 267 g/mol. The Kier molecular flexibility index (Phi) is 2.77. The summed E-state index contributed by atoms with van der Waals surface area (Å²) in [5, 5.41) is 3.72. The quantitative estimate of drug-likeness (QED) is 0.863. The third-order valence-corrected chi connectivity index (χ3v) is 2.90. The number of nitrogens with one attached hydrogen (secondary N) is 2. The van der Waals surface area contributed by atoms with E-state index in [-0.39, 0.29) is 5.91 Å². The molecular formula is C11H11BrN2O. The van der Waals surface area contributed by atoms with Crippen LogP contribution >= 0.6 is 15.9 Å². The lowest BCUT2D eigenvalue weighted by Crippen LogP contribution is -2.22. The Balaban J connectivity index is 2.57. The molecule has 0 saturated carbocycles. The van der Waals surface area contributed by atoms with Crippen LogP contribution in [-0.2, 0) is 0 Å². The summed E-state index contributed by atoms with van der Waals surface area (Å²) in [5.41, 5.74) is 1.64. The fourth-order valence-corrected chi connectivity index (χ4v) is 2.15. The van der Waals surface area contributed by atoms with E-state index in [1.54, 1.807) is 6.20 Å². The minimum atomic E-state index is -0.0457. The summed E-state index contributed by atoms with van der Waals surface area (Å²) in [5.74, 6) is -0.0457. The highest BCUT2D eigenvalue weighted by Crippen LogP contribution is 2.26. The summed E-state index contributed by atoms with van der Waals surface area (Å²) in [4.78, 5) is 14.8. The molecule has 0 aliphatic rings. The van der Waals surface area contributed by atoms with Crippen LogP contribution in [0.5, 0.6) is 0 Å². The molecule has 1 heterocycles. The van der Waals surface area contributed by atoms with Crippen LogP contribution in [0.1, 0.15) is 17.3 Å². The Bertz CT molecular complexity index is 504. The predicted molar refractivity (Wildman–Crippen MR) is 64.0 cm³/mol. The highest BCUT2D eigenvalue weighted by Gasteiger charge is 2.12. The number of halogens is 1. The number of aromatic nitrogens is 1. The largest absolute Gasteiger partial charge is 0.360 e. The lowest BCUT2D eigenvalue weighted by atomic mass is 10.1. The molecule has 0 radical (unpaired) electrons. The molecule has 4 heteroatoms. The molecule has 0 spiro atoms. The second-order valence-corrected chi connectivity index (χ2v) is 4.08. The van der Waals surface area contributed by atoms with E-state index in [1.165, 1.54) is 0 Å². The first-order chi connectivity index (χ1) is 7.24. The van der Waals surface area contributed by atoms with Crippen LogP contribution in [0.4, 0.5) is 0 Å². The van der Waals surface area contributed by atoms with Gasteiger partial charge >= 0.3 is 0 Å². The summed E-state index contributed by atoms with van der Waals surface area (Å²) < 4.78 is 0.933. The van der Waals surface area contributed by atoms with Crippen molar-refractivity contribution in [3.63, 3.8) is 0 Å². The van der Waals surface area contributed by atoms with E-state index in [0.29, 0.717) is 12.1 Å². The van der Waals surface area contributed by atoms with Crippen LogP contribution < -0.4 is 5.32 Å². The van der Waals surface area contributed by atoms with Gasteiger partial charge in [0.15, 0.2) is 0 Å². The first-order valence-electron chi connectivity index (χ1n) is 4.78. The summed E-state index contributed by atoms with van der Waals surface area (Å²) in [6, 6.07) is 5.81. The van der Waals surface area contributed by atoms with Gasteiger partial charge in [-0.25, -0.2) is 0 Å². The van der Waals surface area contributed by atoms with E-state index in [9.17, 15) is 4.79 Å². The van der Waals surface area contributed by atoms with Gasteiger partial charge in [-0.1, -0.05) is 22.0 Å². The number of hydrogen-bond acceptors (Lipinski definition) is 1. The van der Waals surface area contributed by atoms with Crippen molar-refractivity contribution < 1.29 is 4.79 Å². The molecule has 0 fully saturated rings. The zero-order chi connectivity index (χ0) is 10.8. The van der Waals surface area contributed by atoms with Gasteiger partial charge in [0.25, 0.3) is 5.91 Å². The molecule has 1 amide bonds. The zero-order valence-corrected chi connectivity index (χ0v) is 9.89. The van der Waals surface area contributed by atoms with Gasteiger partial charge in [-0.05, 0) is 19.1 Å². The zero-order valence-electron chi connectivity index (χ0n) is 8.30. The van der Waals surface area contributed by atoms with Gasteiger partial charge in [0.2, 0.25) is 0 Å².